The molecule has 112 valence electrons. The molecule has 1 aliphatic rings. The third-order valence-electron chi connectivity index (χ3n) is 4.47. The molecular formula is C17H23N3O. The minimum absolute atomic E-state index is 0.407. The predicted octanol–water partition coefficient (Wildman–Crippen LogP) is 3.45. The average Bonchev–Trinajstić information content (AvgIpc) is 3.07. The number of hydrogen-bond acceptors (Lipinski definition) is 4. The van der Waals surface area contributed by atoms with Gasteiger partial charge in [0, 0.05) is 24.6 Å². The third kappa shape index (κ3) is 3.32. The molecule has 4 nitrogen and oxygen atoms in total. The zero-order valence-corrected chi connectivity index (χ0v) is 12.8. The van der Waals surface area contributed by atoms with Crippen LogP contribution in [0.15, 0.2) is 34.7 Å². The molecule has 0 radical (unpaired) electrons. The van der Waals surface area contributed by atoms with Crippen LogP contribution in [0.5, 0.6) is 0 Å². The molecule has 4 heteroatoms. The lowest BCUT2D eigenvalue weighted by Crippen LogP contribution is -2.38. The first-order valence-electron chi connectivity index (χ1n) is 7.76. The maximum atomic E-state index is 5.72. The number of hydrogen-bond donors (Lipinski definition) is 1. The summed E-state index contributed by atoms with van der Waals surface area (Å²) in [6.45, 7) is 5.58. The van der Waals surface area contributed by atoms with E-state index in [0.29, 0.717) is 23.2 Å². The van der Waals surface area contributed by atoms with Gasteiger partial charge in [-0.25, -0.2) is 0 Å². The molecule has 0 spiro atoms. The van der Waals surface area contributed by atoms with Crippen molar-refractivity contribution in [2.75, 3.05) is 6.54 Å². The van der Waals surface area contributed by atoms with Crippen molar-refractivity contribution < 1.29 is 4.42 Å². The van der Waals surface area contributed by atoms with Gasteiger partial charge >= 0.3 is 0 Å². The Kier molecular flexibility index (Phi) is 4.06. The fourth-order valence-corrected chi connectivity index (χ4v) is 3.11. The lowest BCUT2D eigenvalue weighted by Gasteiger charge is -2.27. The van der Waals surface area contributed by atoms with Gasteiger partial charge in [-0.2, -0.15) is 0 Å². The van der Waals surface area contributed by atoms with Gasteiger partial charge in [0.05, 0.1) is 0 Å². The van der Waals surface area contributed by atoms with Crippen LogP contribution >= 0.6 is 0 Å². The second-order valence-corrected chi connectivity index (χ2v) is 6.50. The second-order valence-electron chi connectivity index (χ2n) is 6.50. The molecule has 0 bridgehead atoms. The minimum Gasteiger partial charge on any atom is -0.421 e. The Balaban J connectivity index is 1.54. The Bertz CT molecular complexity index is 577. The van der Waals surface area contributed by atoms with E-state index < -0.39 is 0 Å². The van der Waals surface area contributed by atoms with Gasteiger partial charge in [0.2, 0.25) is 11.8 Å². The van der Waals surface area contributed by atoms with Crippen molar-refractivity contribution in [3.63, 3.8) is 0 Å². The molecule has 1 aliphatic carbocycles. The van der Waals surface area contributed by atoms with Crippen molar-refractivity contribution in [3.8, 4) is 11.5 Å². The van der Waals surface area contributed by atoms with Gasteiger partial charge in [0.25, 0.3) is 0 Å². The van der Waals surface area contributed by atoms with Crippen LogP contribution in [0.2, 0.25) is 0 Å². The van der Waals surface area contributed by atoms with Crippen LogP contribution in [0.25, 0.3) is 11.5 Å². The van der Waals surface area contributed by atoms with Gasteiger partial charge in [-0.15, -0.1) is 10.2 Å². The molecule has 0 amide bonds. The van der Waals surface area contributed by atoms with Crippen LogP contribution in [0.3, 0.4) is 0 Å². The van der Waals surface area contributed by atoms with Crippen molar-refractivity contribution in [2.45, 2.75) is 45.6 Å². The van der Waals surface area contributed by atoms with Crippen LogP contribution in [0.4, 0.5) is 0 Å². The molecule has 1 N–H and O–H groups in total. The third-order valence-corrected chi connectivity index (χ3v) is 4.47. The van der Waals surface area contributed by atoms with E-state index in [-0.39, 0.29) is 0 Å². The Morgan fingerprint density at radius 3 is 2.76 bits per heavy atom. The van der Waals surface area contributed by atoms with Crippen LogP contribution in [-0.4, -0.2) is 22.8 Å². The molecule has 3 rings (SSSR count). The molecule has 0 saturated heterocycles. The highest BCUT2D eigenvalue weighted by Crippen LogP contribution is 2.37. The van der Waals surface area contributed by atoms with Crippen molar-refractivity contribution in [2.24, 2.45) is 5.41 Å². The molecule has 21 heavy (non-hydrogen) atoms. The Morgan fingerprint density at radius 1 is 1.24 bits per heavy atom. The Labute approximate surface area is 126 Å². The molecule has 1 fully saturated rings. The highest BCUT2D eigenvalue weighted by atomic mass is 16.4. The zero-order chi connectivity index (χ0) is 14.7. The minimum atomic E-state index is 0.407. The van der Waals surface area contributed by atoms with E-state index in [0.717, 1.165) is 18.5 Å². The van der Waals surface area contributed by atoms with E-state index >= 15 is 0 Å². The lowest BCUT2D eigenvalue weighted by molar-refractivity contribution is 0.283. The molecule has 1 aromatic heterocycles. The van der Waals surface area contributed by atoms with Crippen LogP contribution in [0, 0.1) is 5.41 Å². The highest BCUT2D eigenvalue weighted by Gasteiger charge is 2.33. The van der Waals surface area contributed by atoms with Crippen LogP contribution in [-0.2, 0) is 6.42 Å². The summed E-state index contributed by atoms with van der Waals surface area (Å²) >= 11 is 0. The fraction of sp³-hybridized carbons (Fsp3) is 0.529. The molecule has 1 heterocycles. The summed E-state index contributed by atoms with van der Waals surface area (Å²) in [6.07, 6.45) is 4.69. The summed E-state index contributed by atoms with van der Waals surface area (Å²) in [5.41, 5.74) is 1.38. The summed E-state index contributed by atoms with van der Waals surface area (Å²) in [7, 11) is 0. The smallest absolute Gasteiger partial charge is 0.247 e. The summed E-state index contributed by atoms with van der Waals surface area (Å²) < 4.78 is 5.72. The maximum Gasteiger partial charge on any atom is 0.247 e. The molecule has 1 saturated carbocycles. The first-order valence-corrected chi connectivity index (χ1v) is 7.76. The van der Waals surface area contributed by atoms with E-state index in [1.807, 2.05) is 30.3 Å². The number of nitrogens with one attached hydrogen (secondary N) is 1. The number of benzene rings is 1. The van der Waals surface area contributed by atoms with Crippen molar-refractivity contribution in [1.82, 2.24) is 15.5 Å². The van der Waals surface area contributed by atoms with Crippen molar-refractivity contribution >= 4 is 0 Å². The second kappa shape index (κ2) is 5.98. The number of rotatable bonds is 5. The fourth-order valence-electron chi connectivity index (χ4n) is 3.11. The average molecular weight is 285 g/mol. The van der Waals surface area contributed by atoms with Gasteiger partial charge in [-0.1, -0.05) is 38.5 Å². The monoisotopic (exact) mass is 285 g/mol. The Hall–Kier alpha value is -1.68. The molecule has 2 aromatic rings. The largest absolute Gasteiger partial charge is 0.421 e. The van der Waals surface area contributed by atoms with E-state index in [9.17, 15) is 0 Å². The predicted molar refractivity (Wildman–Crippen MR) is 82.9 cm³/mol. The summed E-state index contributed by atoms with van der Waals surface area (Å²) in [5, 5.41) is 11.9. The highest BCUT2D eigenvalue weighted by molar-refractivity contribution is 5.51. The lowest BCUT2D eigenvalue weighted by atomic mass is 9.87. The first-order chi connectivity index (χ1) is 10.1. The molecule has 0 aliphatic heterocycles. The van der Waals surface area contributed by atoms with E-state index in [1.165, 1.54) is 19.3 Å². The summed E-state index contributed by atoms with van der Waals surface area (Å²) in [5.74, 6) is 1.31. The van der Waals surface area contributed by atoms with E-state index in [1.54, 1.807) is 0 Å². The summed E-state index contributed by atoms with van der Waals surface area (Å²) in [6, 6.07) is 10.5. The van der Waals surface area contributed by atoms with Crippen molar-refractivity contribution in [1.29, 1.82) is 0 Å². The van der Waals surface area contributed by atoms with Crippen molar-refractivity contribution in [3.05, 3.63) is 36.2 Å². The molecular weight excluding hydrogens is 262 g/mol. The SMILES string of the molecule is CC1(C)CCCC1NCCc1nnc(-c2ccccc2)o1. The first kappa shape index (κ1) is 14.3. The van der Waals surface area contributed by atoms with Gasteiger partial charge in [0.15, 0.2) is 0 Å². The normalized spacial score (nSPS) is 20.8. The number of aromatic nitrogens is 2. The Morgan fingerprint density at radius 2 is 2.05 bits per heavy atom. The van der Waals surface area contributed by atoms with Gasteiger partial charge < -0.3 is 9.73 Å². The molecule has 1 aromatic carbocycles. The van der Waals surface area contributed by atoms with Gasteiger partial charge in [-0.3, -0.25) is 0 Å². The standard InChI is InChI=1S/C17H23N3O/c1-17(2)11-6-9-14(17)18-12-10-15-19-20-16(21-15)13-7-4-3-5-8-13/h3-5,7-8,14,18H,6,9-12H2,1-2H3. The van der Waals surface area contributed by atoms with Gasteiger partial charge in [0.1, 0.15) is 0 Å². The molecule has 1 unspecified atom stereocenters. The summed E-state index contributed by atoms with van der Waals surface area (Å²) in [4.78, 5) is 0. The van der Waals surface area contributed by atoms with Gasteiger partial charge in [-0.05, 0) is 30.4 Å². The quantitative estimate of drug-likeness (QED) is 0.914. The van der Waals surface area contributed by atoms with E-state index in [2.05, 4.69) is 29.4 Å². The van der Waals surface area contributed by atoms with Crippen LogP contribution < -0.4 is 5.32 Å². The molecule has 1 atom stereocenters. The maximum absolute atomic E-state index is 5.72. The zero-order valence-electron chi connectivity index (χ0n) is 12.8. The topological polar surface area (TPSA) is 51.0 Å². The number of nitrogens with zero attached hydrogens (tertiary/aromatic N) is 2. The van der Waals surface area contributed by atoms with Crippen LogP contribution in [0.1, 0.15) is 39.0 Å². The van der Waals surface area contributed by atoms with E-state index in [4.69, 9.17) is 4.42 Å².